The van der Waals surface area contributed by atoms with Gasteiger partial charge < -0.3 is 19.4 Å². The third-order valence-electron chi connectivity index (χ3n) is 4.42. The summed E-state index contributed by atoms with van der Waals surface area (Å²) in [6, 6.07) is 13.3. The third kappa shape index (κ3) is 5.01. The van der Waals surface area contributed by atoms with Gasteiger partial charge in [-0.15, -0.1) is 11.8 Å². The van der Waals surface area contributed by atoms with Crippen molar-refractivity contribution in [2.45, 2.75) is 23.0 Å². The summed E-state index contributed by atoms with van der Waals surface area (Å²) in [5, 5.41) is 19.9. The second kappa shape index (κ2) is 9.49. The molecule has 1 heterocycles. The van der Waals surface area contributed by atoms with Gasteiger partial charge in [0.2, 0.25) is 11.2 Å². The second-order valence-corrected chi connectivity index (χ2v) is 7.45. The first-order valence-corrected chi connectivity index (χ1v) is 9.96. The van der Waals surface area contributed by atoms with Gasteiger partial charge in [-0.3, -0.25) is 9.59 Å². The maximum Gasteiger partial charge on any atom is 0.306 e. The summed E-state index contributed by atoms with van der Waals surface area (Å²) < 4.78 is 24.4. The Morgan fingerprint density at radius 1 is 1.17 bits per heavy atom. The number of thioether (sulfide) groups is 1. The van der Waals surface area contributed by atoms with Gasteiger partial charge in [0, 0.05) is 11.0 Å². The number of carbonyl (C=O) groups is 1. The molecule has 1 aromatic heterocycles. The number of aromatic hydroxyl groups is 2. The molecule has 0 radical (unpaired) electrons. The van der Waals surface area contributed by atoms with Gasteiger partial charge in [0.15, 0.2) is 5.76 Å². The number of rotatable bonds is 7. The SMILES string of the molecule is COC(=O)C[C@H](c1ccc(O)cc1)c1oc(CSc2ccccc2F)cc(=O)c1O. The molecule has 0 fully saturated rings. The average Bonchev–Trinajstić information content (AvgIpc) is 2.74. The number of halogens is 1. The fraction of sp³-hybridized carbons (Fsp3) is 0.182. The molecular weight excluding hydrogens is 411 g/mol. The predicted molar refractivity (Wildman–Crippen MR) is 109 cm³/mol. The zero-order valence-electron chi connectivity index (χ0n) is 16.0. The van der Waals surface area contributed by atoms with Gasteiger partial charge in [-0.1, -0.05) is 24.3 Å². The normalized spacial score (nSPS) is 11.8. The van der Waals surface area contributed by atoms with Crippen LogP contribution in [0, 0.1) is 5.82 Å². The summed E-state index contributed by atoms with van der Waals surface area (Å²) in [5.74, 6) is -2.10. The Hall–Kier alpha value is -3.26. The Labute approximate surface area is 175 Å². The fourth-order valence-electron chi connectivity index (χ4n) is 2.89. The van der Waals surface area contributed by atoms with Crippen LogP contribution in [0.2, 0.25) is 0 Å². The Balaban J connectivity index is 1.98. The first kappa shape index (κ1) is 21.4. The van der Waals surface area contributed by atoms with E-state index in [2.05, 4.69) is 0 Å². The van der Waals surface area contributed by atoms with E-state index in [1.54, 1.807) is 30.3 Å². The lowest BCUT2D eigenvalue weighted by atomic mass is 9.92. The van der Waals surface area contributed by atoms with E-state index in [0.29, 0.717) is 10.5 Å². The molecule has 3 rings (SSSR count). The molecule has 0 aliphatic rings. The maximum absolute atomic E-state index is 13.9. The van der Waals surface area contributed by atoms with E-state index in [1.807, 2.05) is 0 Å². The average molecular weight is 430 g/mol. The maximum atomic E-state index is 13.9. The second-order valence-electron chi connectivity index (χ2n) is 6.43. The summed E-state index contributed by atoms with van der Waals surface area (Å²) in [5.41, 5.74) is -0.135. The molecule has 0 saturated carbocycles. The summed E-state index contributed by atoms with van der Waals surface area (Å²) >= 11 is 1.14. The molecular formula is C22H19FO6S. The van der Waals surface area contributed by atoms with Gasteiger partial charge in [-0.05, 0) is 29.8 Å². The molecule has 30 heavy (non-hydrogen) atoms. The smallest absolute Gasteiger partial charge is 0.306 e. The molecule has 2 N–H and O–H groups in total. The quantitative estimate of drug-likeness (QED) is 0.429. The number of esters is 1. The van der Waals surface area contributed by atoms with Gasteiger partial charge in [0.1, 0.15) is 17.3 Å². The molecule has 0 unspecified atom stereocenters. The lowest BCUT2D eigenvalue weighted by Gasteiger charge is -2.17. The molecule has 156 valence electrons. The molecule has 3 aromatic rings. The van der Waals surface area contributed by atoms with Crippen LogP contribution in [-0.4, -0.2) is 23.3 Å². The number of ether oxygens (including phenoxy) is 1. The first-order valence-electron chi connectivity index (χ1n) is 8.98. The Morgan fingerprint density at radius 3 is 2.53 bits per heavy atom. The molecule has 0 aliphatic heterocycles. The van der Waals surface area contributed by atoms with Crippen LogP contribution >= 0.6 is 11.8 Å². The van der Waals surface area contributed by atoms with Gasteiger partial charge in [-0.25, -0.2) is 4.39 Å². The van der Waals surface area contributed by atoms with Crippen molar-refractivity contribution in [3.8, 4) is 11.5 Å². The van der Waals surface area contributed by atoms with Crippen LogP contribution < -0.4 is 5.43 Å². The topological polar surface area (TPSA) is 97.0 Å². The zero-order chi connectivity index (χ0) is 21.7. The highest BCUT2D eigenvalue weighted by atomic mass is 32.2. The molecule has 2 aromatic carbocycles. The minimum atomic E-state index is -0.816. The van der Waals surface area contributed by atoms with E-state index < -0.39 is 28.9 Å². The number of phenolic OH excluding ortho intramolecular Hbond substituents is 1. The number of hydrogen-bond donors (Lipinski definition) is 2. The highest BCUT2D eigenvalue weighted by Crippen LogP contribution is 2.35. The fourth-order valence-corrected chi connectivity index (χ4v) is 3.71. The number of methoxy groups -OCH3 is 1. The Morgan fingerprint density at radius 2 is 1.87 bits per heavy atom. The van der Waals surface area contributed by atoms with Crippen molar-refractivity contribution in [3.63, 3.8) is 0 Å². The van der Waals surface area contributed by atoms with E-state index in [4.69, 9.17) is 9.15 Å². The lowest BCUT2D eigenvalue weighted by Crippen LogP contribution is -2.14. The number of hydrogen-bond acceptors (Lipinski definition) is 7. The highest BCUT2D eigenvalue weighted by Gasteiger charge is 2.26. The van der Waals surface area contributed by atoms with E-state index in [9.17, 15) is 24.2 Å². The minimum absolute atomic E-state index is 0.0243. The van der Waals surface area contributed by atoms with Gasteiger partial charge in [0.05, 0.1) is 25.2 Å². The van der Waals surface area contributed by atoms with Gasteiger partial charge in [0.25, 0.3) is 0 Å². The molecule has 0 spiro atoms. The lowest BCUT2D eigenvalue weighted by molar-refractivity contribution is -0.140. The van der Waals surface area contributed by atoms with Crippen LogP contribution in [0.25, 0.3) is 0 Å². The van der Waals surface area contributed by atoms with E-state index >= 15 is 0 Å². The molecule has 1 atom stereocenters. The van der Waals surface area contributed by atoms with E-state index in [1.165, 1.54) is 25.3 Å². The van der Waals surface area contributed by atoms with Crippen LogP contribution in [-0.2, 0) is 15.3 Å². The van der Waals surface area contributed by atoms with Crippen molar-refractivity contribution >= 4 is 17.7 Å². The van der Waals surface area contributed by atoms with E-state index in [0.717, 1.165) is 17.8 Å². The summed E-state index contributed by atoms with van der Waals surface area (Å²) in [4.78, 5) is 24.7. The number of benzene rings is 2. The molecule has 0 bridgehead atoms. The van der Waals surface area contributed by atoms with Crippen molar-refractivity contribution in [1.82, 2.24) is 0 Å². The molecule has 8 heteroatoms. The number of phenols is 1. The summed E-state index contributed by atoms with van der Waals surface area (Å²) in [6.07, 6.45) is -0.193. The van der Waals surface area contributed by atoms with Crippen molar-refractivity contribution < 1.29 is 28.6 Å². The van der Waals surface area contributed by atoms with Crippen LogP contribution in [0.3, 0.4) is 0 Å². The minimum Gasteiger partial charge on any atom is -0.508 e. The third-order valence-corrected chi connectivity index (χ3v) is 5.49. The summed E-state index contributed by atoms with van der Waals surface area (Å²) in [7, 11) is 1.23. The van der Waals surface area contributed by atoms with Crippen LogP contribution in [0.15, 0.2) is 68.7 Å². The van der Waals surface area contributed by atoms with E-state index in [-0.39, 0.29) is 29.4 Å². The van der Waals surface area contributed by atoms with Crippen LogP contribution in [0.4, 0.5) is 4.39 Å². The largest absolute Gasteiger partial charge is 0.508 e. The van der Waals surface area contributed by atoms with Gasteiger partial charge in [-0.2, -0.15) is 0 Å². The molecule has 0 aliphatic carbocycles. The molecule has 0 amide bonds. The van der Waals surface area contributed by atoms with Crippen molar-refractivity contribution in [1.29, 1.82) is 0 Å². The zero-order valence-corrected chi connectivity index (χ0v) is 16.8. The molecule has 0 saturated heterocycles. The van der Waals surface area contributed by atoms with Crippen LogP contribution in [0.1, 0.15) is 29.4 Å². The Bertz CT molecular complexity index is 1090. The van der Waals surface area contributed by atoms with Crippen LogP contribution in [0.5, 0.6) is 11.5 Å². The number of carbonyl (C=O) groups excluding carboxylic acids is 1. The van der Waals surface area contributed by atoms with Crippen molar-refractivity contribution in [2.24, 2.45) is 0 Å². The van der Waals surface area contributed by atoms with Gasteiger partial charge >= 0.3 is 5.97 Å². The predicted octanol–water partition coefficient (Wildman–Crippen LogP) is 4.18. The standard InChI is InChI=1S/C22H19FO6S/c1-28-20(26)11-16(13-6-8-14(24)9-7-13)22-21(27)18(25)10-15(29-22)12-30-19-5-3-2-4-17(19)23/h2-10,16,24,27H,11-12H2,1H3/t16-/m1/s1. The Kier molecular flexibility index (Phi) is 6.79. The molecule has 6 nitrogen and oxygen atoms in total. The van der Waals surface area contributed by atoms with Crippen molar-refractivity contribution in [2.75, 3.05) is 7.11 Å². The summed E-state index contributed by atoms with van der Waals surface area (Å²) in [6.45, 7) is 0. The monoisotopic (exact) mass is 430 g/mol. The van der Waals surface area contributed by atoms with Crippen molar-refractivity contribution in [3.05, 3.63) is 87.7 Å². The first-order chi connectivity index (χ1) is 14.4. The highest BCUT2D eigenvalue weighted by molar-refractivity contribution is 7.98.